The minimum Gasteiger partial charge on any atom is -0.273 e. The number of sulfone groups is 1. The molecule has 6 nitrogen and oxygen atoms in total. The largest absolute Gasteiger partial charge is 0.273 e. The molecule has 0 bridgehead atoms. The van der Waals surface area contributed by atoms with Gasteiger partial charge in [-0.1, -0.05) is 48.5 Å². The van der Waals surface area contributed by atoms with Crippen LogP contribution >= 0.6 is 11.8 Å². The Morgan fingerprint density at radius 2 is 1.59 bits per heavy atom. The molecule has 8 heteroatoms. The van der Waals surface area contributed by atoms with Crippen LogP contribution in [0.1, 0.15) is 17.2 Å². The predicted molar refractivity (Wildman–Crippen MR) is 105 cm³/mol. The normalized spacial score (nSPS) is 19.2. The van der Waals surface area contributed by atoms with E-state index in [0.717, 1.165) is 10.5 Å². The highest BCUT2D eigenvalue weighted by Crippen LogP contribution is 2.35. The van der Waals surface area contributed by atoms with Gasteiger partial charge in [0.2, 0.25) is 5.91 Å². The summed E-state index contributed by atoms with van der Waals surface area (Å²) >= 11 is 1.37. The summed E-state index contributed by atoms with van der Waals surface area (Å²) in [5.74, 6) is -1.62. The summed E-state index contributed by atoms with van der Waals surface area (Å²) in [7, 11) is -3.16. The molecule has 2 aromatic rings. The van der Waals surface area contributed by atoms with E-state index in [0.29, 0.717) is 0 Å². The van der Waals surface area contributed by atoms with Gasteiger partial charge >= 0.3 is 0 Å². The van der Waals surface area contributed by atoms with Gasteiger partial charge in [0.25, 0.3) is 5.91 Å². The highest BCUT2D eigenvalue weighted by molar-refractivity contribution is 8.00. The van der Waals surface area contributed by atoms with Crippen LogP contribution in [0, 0.1) is 5.92 Å². The van der Waals surface area contributed by atoms with Gasteiger partial charge in [0.1, 0.15) is 5.25 Å². The van der Waals surface area contributed by atoms with Gasteiger partial charge in [0.05, 0.1) is 17.4 Å². The van der Waals surface area contributed by atoms with E-state index in [2.05, 4.69) is 10.9 Å². The van der Waals surface area contributed by atoms with Crippen molar-refractivity contribution in [3.8, 4) is 0 Å². The van der Waals surface area contributed by atoms with Crippen LogP contribution < -0.4 is 10.9 Å². The maximum atomic E-state index is 12.7. The molecule has 3 rings (SSSR count). The topological polar surface area (TPSA) is 92.3 Å². The van der Waals surface area contributed by atoms with Crippen molar-refractivity contribution in [1.29, 1.82) is 0 Å². The van der Waals surface area contributed by atoms with E-state index in [4.69, 9.17) is 0 Å². The van der Waals surface area contributed by atoms with Crippen LogP contribution in [-0.2, 0) is 19.4 Å². The first-order valence-corrected chi connectivity index (χ1v) is 11.2. The fraction of sp³-hybridized carbons (Fsp3) is 0.263. The van der Waals surface area contributed by atoms with Crippen LogP contribution in [0.4, 0.5) is 0 Å². The van der Waals surface area contributed by atoms with Crippen molar-refractivity contribution < 1.29 is 18.0 Å². The number of thioether (sulfide) groups is 1. The van der Waals surface area contributed by atoms with E-state index in [-0.39, 0.29) is 23.8 Å². The Morgan fingerprint density at radius 1 is 0.963 bits per heavy atom. The molecule has 27 heavy (non-hydrogen) atoms. The van der Waals surface area contributed by atoms with Gasteiger partial charge in [0.15, 0.2) is 9.84 Å². The predicted octanol–water partition coefficient (Wildman–Crippen LogP) is 2.10. The molecule has 1 aliphatic rings. The monoisotopic (exact) mass is 404 g/mol. The number of nitrogens with one attached hydrogen (secondary N) is 2. The van der Waals surface area contributed by atoms with Crippen LogP contribution in [0.3, 0.4) is 0 Å². The standard InChI is InChI=1S/C19H20N2O4S2/c22-18(15-11-12-27(24,25)13-15)20-21-19(23)17(14-7-3-1-4-8-14)26-16-9-5-2-6-10-16/h1-10,15,17H,11-13H2,(H,20,22)(H,21,23)/t15-,17+/m0/s1. The van der Waals surface area contributed by atoms with Gasteiger partial charge in [0, 0.05) is 4.90 Å². The van der Waals surface area contributed by atoms with Gasteiger partial charge in [-0.3, -0.25) is 20.4 Å². The Labute approximate surface area is 162 Å². The van der Waals surface area contributed by atoms with Crippen LogP contribution in [0.2, 0.25) is 0 Å². The summed E-state index contributed by atoms with van der Waals surface area (Å²) in [5.41, 5.74) is 5.64. The van der Waals surface area contributed by atoms with Crippen LogP contribution in [-0.4, -0.2) is 31.7 Å². The molecule has 1 heterocycles. The van der Waals surface area contributed by atoms with Gasteiger partial charge < -0.3 is 0 Å². The first-order chi connectivity index (χ1) is 12.9. The molecule has 142 valence electrons. The third-order valence-electron chi connectivity index (χ3n) is 4.25. The van der Waals surface area contributed by atoms with Crippen molar-refractivity contribution in [2.24, 2.45) is 5.92 Å². The second-order valence-corrected chi connectivity index (χ2v) is 9.71. The Bertz CT molecular complexity index is 902. The van der Waals surface area contributed by atoms with E-state index in [1.807, 2.05) is 60.7 Å². The first-order valence-electron chi connectivity index (χ1n) is 8.51. The minimum absolute atomic E-state index is 0.00946. The Morgan fingerprint density at radius 3 is 2.19 bits per heavy atom. The molecular formula is C19H20N2O4S2. The SMILES string of the molecule is O=C(NNC(=O)[C@H](Sc1ccccc1)c1ccccc1)[C@H]1CCS(=O)(=O)C1. The molecule has 2 N–H and O–H groups in total. The lowest BCUT2D eigenvalue weighted by atomic mass is 10.1. The maximum Gasteiger partial charge on any atom is 0.256 e. The molecule has 0 unspecified atom stereocenters. The Kier molecular flexibility index (Phi) is 6.18. The van der Waals surface area contributed by atoms with Gasteiger partial charge in [-0.15, -0.1) is 11.8 Å². The summed E-state index contributed by atoms with van der Waals surface area (Å²) in [5, 5.41) is -0.554. The summed E-state index contributed by atoms with van der Waals surface area (Å²) in [4.78, 5) is 25.8. The Balaban J connectivity index is 1.67. The van der Waals surface area contributed by atoms with Crippen LogP contribution in [0.25, 0.3) is 0 Å². The lowest BCUT2D eigenvalue weighted by Crippen LogP contribution is -2.46. The summed E-state index contributed by atoms with van der Waals surface area (Å²) in [6, 6.07) is 18.8. The zero-order valence-electron chi connectivity index (χ0n) is 14.5. The molecule has 0 radical (unpaired) electrons. The lowest BCUT2D eigenvalue weighted by molar-refractivity contribution is -0.130. The van der Waals surface area contributed by atoms with Crippen molar-refractivity contribution >= 4 is 33.4 Å². The molecule has 2 aromatic carbocycles. The number of carbonyl (C=O) groups is 2. The van der Waals surface area contributed by atoms with Crippen LogP contribution in [0.5, 0.6) is 0 Å². The number of hydrogen-bond donors (Lipinski definition) is 2. The van der Waals surface area contributed by atoms with Gasteiger partial charge in [-0.05, 0) is 24.1 Å². The molecule has 1 aliphatic heterocycles. The van der Waals surface area contributed by atoms with Gasteiger partial charge in [-0.25, -0.2) is 8.42 Å². The van der Waals surface area contributed by atoms with E-state index < -0.39 is 26.9 Å². The highest BCUT2D eigenvalue weighted by Gasteiger charge is 2.33. The van der Waals surface area contributed by atoms with Gasteiger partial charge in [-0.2, -0.15) is 0 Å². The fourth-order valence-corrected chi connectivity index (χ4v) is 5.62. The van der Waals surface area contributed by atoms with E-state index in [1.54, 1.807) is 0 Å². The van der Waals surface area contributed by atoms with E-state index >= 15 is 0 Å². The molecule has 0 aliphatic carbocycles. The average Bonchev–Trinajstić information content (AvgIpc) is 3.05. The average molecular weight is 405 g/mol. The maximum absolute atomic E-state index is 12.7. The molecular weight excluding hydrogens is 384 g/mol. The molecule has 2 atom stereocenters. The number of benzene rings is 2. The molecule has 0 spiro atoms. The molecule has 1 fully saturated rings. The van der Waals surface area contributed by atoms with E-state index in [1.165, 1.54) is 11.8 Å². The number of hydrogen-bond acceptors (Lipinski definition) is 5. The number of carbonyl (C=O) groups excluding carboxylic acids is 2. The Hall–Kier alpha value is -2.32. The zero-order chi connectivity index (χ0) is 19.3. The number of amides is 2. The third-order valence-corrected chi connectivity index (χ3v) is 7.28. The summed E-state index contributed by atoms with van der Waals surface area (Å²) in [6.07, 6.45) is 0.283. The van der Waals surface area contributed by atoms with Crippen LogP contribution in [0.15, 0.2) is 65.6 Å². The van der Waals surface area contributed by atoms with Crippen molar-refractivity contribution in [2.45, 2.75) is 16.6 Å². The molecule has 2 amide bonds. The molecule has 0 saturated carbocycles. The minimum atomic E-state index is -3.16. The van der Waals surface area contributed by atoms with Crippen molar-refractivity contribution in [2.75, 3.05) is 11.5 Å². The quantitative estimate of drug-likeness (QED) is 0.588. The smallest absolute Gasteiger partial charge is 0.256 e. The zero-order valence-corrected chi connectivity index (χ0v) is 16.1. The number of rotatable bonds is 5. The highest BCUT2D eigenvalue weighted by atomic mass is 32.2. The molecule has 1 saturated heterocycles. The first kappa shape index (κ1) is 19.4. The summed E-state index contributed by atoms with van der Waals surface area (Å²) in [6.45, 7) is 0. The van der Waals surface area contributed by atoms with Crippen molar-refractivity contribution in [1.82, 2.24) is 10.9 Å². The second-order valence-electron chi connectivity index (χ2n) is 6.30. The van der Waals surface area contributed by atoms with Crippen molar-refractivity contribution in [3.63, 3.8) is 0 Å². The molecule has 0 aromatic heterocycles. The fourth-order valence-electron chi connectivity index (χ4n) is 2.83. The third kappa shape index (κ3) is 5.33. The lowest BCUT2D eigenvalue weighted by Gasteiger charge is -2.18. The second kappa shape index (κ2) is 8.58. The summed E-state index contributed by atoms with van der Waals surface area (Å²) < 4.78 is 23.0. The van der Waals surface area contributed by atoms with Crippen molar-refractivity contribution in [3.05, 3.63) is 66.2 Å². The number of hydrazine groups is 1. The van der Waals surface area contributed by atoms with E-state index in [9.17, 15) is 18.0 Å².